The lowest BCUT2D eigenvalue weighted by Crippen LogP contribution is -2.20. The molecule has 110 valence electrons. The lowest BCUT2D eigenvalue weighted by molar-refractivity contribution is -0.0484. The first-order valence-corrected chi connectivity index (χ1v) is 6.30. The van der Waals surface area contributed by atoms with Crippen LogP contribution in [0.5, 0.6) is 0 Å². The fourth-order valence-electron chi connectivity index (χ4n) is 2.55. The van der Waals surface area contributed by atoms with E-state index in [-0.39, 0.29) is 35.6 Å². The van der Waals surface area contributed by atoms with Gasteiger partial charge in [-0.3, -0.25) is 9.78 Å². The van der Waals surface area contributed by atoms with Crippen molar-refractivity contribution in [2.45, 2.75) is 24.9 Å². The van der Waals surface area contributed by atoms with Crippen LogP contribution in [0.3, 0.4) is 0 Å². The van der Waals surface area contributed by atoms with Crippen LogP contribution in [0.4, 0.5) is 5.95 Å². The summed E-state index contributed by atoms with van der Waals surface area (Å²) in [6.07, 6.45) is -0.583. The number of aromatic amines is 1. The molecule has 21 heavy (non-hydrogen) atoms. The molecule has 0 amide bonds. The number of nitrogens with one attached hydrogen (secondary N) is 1. The highest BCUT2D eigenvalue weighted by atomic mass is 16.5. The number of ether oxygens (including phenoxy) is 1. The number of anilines is 1. The predicted octanol–water partition coefficient (Wildman–Crippen LogP) is -1.18. The summed E-state index contributed by atoms with van der Waals surface area (Å²) in [7, 11) is 0. The number of aromatic nitrogens is 3. The molecule has 0 unspecified atom stereocenters. The maximum Gasteiger partial charge on any atom is 0.263 e. The van der Waals surface area contributed by atoms with Crippen molar-refractivity contribution in [3.8, 4) is 6.07 Å². The Hall–Kier alpha value is -2.41. The minimum Gasteiger partial charge on any atom is -0.394 e. The summed E-state index contributed by atoms with van der Waals surface area (Å²) in [4.78, 5) is 18.3. The lowest BCUT2D eigenvalue weighted by atomic mass is 10.2. The highest BCUT2D eigenvalue weighted by Gasteiger charge is 2.36. The first-order valence-electron chi connectivity index (χ1n) is 6.30. The molecule has 9 heteroatoms. The molecule has 3 atom stereocenters. The van der Waals surface area contributed by atoms with E-state index in [1.54, 1.807) is 0 Å². The van der Waals surface area contributed by atoms with E-state index >= 15 is 0 Å². The molecule has 0 aromatic carbocycles. The molecule has 0 saturated carbocycles. The average molecular weight is 291 g/mol. The van der Waals surface area contributed by atoms with E-state index in [0.29, 0.717) is 0 Å². The summed E-state index contributed by atoms with van der Waals surface area (Å²) in [5.74, 6) is -0.0949. The third-order valence-electron chi connectivity index (χ3n) is 3.46. The van der Waals surface area contributed by atoms with Crippen molar-refractivity contribution in [1.29, 1.82) is 5.26 Å². The van der Waals surface area contributed by atoms with Gasteiger partial charge in [0.05, 0.1) is 18.3 Å². The molecule has 2 aromatic heterocycles. The minimum absolute atomic E-state index is 0.0925. The normalized spacial score (nSPS) is 25.3. The van der Waals surface area contributed by atoms with Gasteiger partial charge in [0.1, 0.15) is 17.6 Å². The van der Waals surface area contributed by atoms with Crippen LogP contribution in [-0.4, -0.2) is 43.6 Å². The minimum atomic E-state index is -0.883. The third-order valence-corrected chi connectivity index (χ3v) is 3.46. The molecule has 0 spiro atoms. The van der Waals surface area contributed by atoms with Crippen molar-refractivity contribution >= 4 is 17.0 Å². The molecule has 1 aliphatic rings. The molecule has 0 bridgehead atoms. The van der Waals surface area contributed by atoms with Crippen molar-refractivity contribution in [3.05, 3.63) is 22.1 Å². The molecule has 0 aliphatic carbocycles. The molecule has 1 saturated heterocycles. The molecule has 1 aliphatic heterocycles. The van der Waals surface area contributed by atoms with Crippen molar-refractivity contribution in [2.75, 3.05) is 12.3 Å². The fraction of sp³-hybridized carbons (Fsp3) is 0.417. The van der Waals surface area contributed by atoms with Gasteiger partial charge in [-0.05, 0) is 0 Å². The second kappa shape index (κ2) is 4.85. The number of fused-ring (bicyclic) bond motifs is 1. The highest BCUT2D eigenvalue weighted by molar-refractivity contribution is 5.83. The van der Waals surface area contributed by atoms with E-state index in [1.165, 1.54) is 10.8 Å². The Morgan fingerprint density at radius 3 is 3.05 bits per heavy atom. The van der Waals surface area contributed by atoms with Crippen molar-refractivity contribution in [1.82, 2.24) is 14.5 Å². The van der Waals surface area contributed by atoms with Crippen molar-refractivity contribution < 1.29 is 14.9 Å². The average Bonchev–Trinajstić information content (AvgIpc) is 2.99. The SMILES string of the molecule is N#Cc1cn([C@@H]2O[C@H](CO)C[C@H]2O)c2nc(N)[nH]c(=O)c12. The van der Waals surface area contributed by atoms with Crippen LogP contribution in [0.2, 0.25) is 0 Å². The number of nitrogens with two attached hydrogens (primary N) is 1. The Bertz CT molecular complexity index is 789. The Morgan fingerprint density at radius 1 is 1.67 bits per heavy atom. The zero-order valence-electron chi connectivity index (χ0n) is 10.9. The predicted molar refractivity (Wildman–Crippen MR) is 71.1 cm³/mol. The summed E-state index contributed by atoms with van der Waals surface area (Å²) in [5.41, 5.74) is 5.27. The summed E-state index contributed by atoms with van der Waals surface area (Å²) in [5, 5.41) is 28.4. The smallest absolute Gasteiger partial charge is 0.263 e. The van der Waals surface area contributed by atoms with Gasteiger partial charge in [0.25, 0.3) is 5.56 Å². The maximum absolute atomic E-state index is 11.9. The van der Waals surface area contributed by atoms with E-state index in [2.05, 4.69) is 9.97 Å². The van der Waals surface area contributed by atoms with Crippen molar-refractivity contribution in [3.63, 3.8) is 0 Å². The standard InChI is InChI=1S/C12H13N5O4/c13-2-5-3-17(11-7(19)1-6(4-18)21-11)9-8(5)10(20)16-12(14)15-9/h3,6-7,11,18-19H,1,4H2,(H3,14,15,16,20)/t6-,7+,11+/m0/s1. The van der Waals surface area contributed by atoms with Gasteiger partial charge in [0.2, 0.25) is 5.95 Å². The van der Waals surface area contributed by atoms with Crippen LogP contribution >= 0.6 is 0 Å². The van der Waals surface area contributed by atoms with E-state index < -0.39 is 24.0 Å². The Morgan fingerprint density at radius 2 is 2.43 bits per heavy atom. The Kier molecular flexibility index (Phi) is 3.13. The molecule has 1 fully saturated rings. The number of nitrogen functional groups attached to an aromatic ring is 1. The largest absolute Gasteiger partial charge is 0.394 e. The quantitative estimate of drug-likeness (QED) is 0.543. The van der Waals surface area contributed by atoms with Gasteiger partial charge in [-0.15, -0.1) is 0 Å². The number of nitriles is 1. The number of rotatable bonds is 2. The number of hydrogen-bond acceptors (Lipinski definition) is 7. The van der Waals surface area contributed by atoms with Crippen molar-refractivity contribution in [2.24, 2.45) is 0 Å². The second-order valence-corrected chi connectivity index (χ2v) is 4.85. The first-order chi connectivity index (χ1) is 10.0. The molecule has 9 nitrogen and oxygen atoms in total. The molecule has 3 heterocycles. The number of H-pyrrole nitrogens is 1. The van der Waals surface area contributed by atoms with E-state index in [1.807, 2.05) is 6.07 Å². The van der Waals surface area contributed by atoms with Crippen LogP contribution < -0.4 is 11.3 Å². The summed E-state index contributed by atoms with van der Waals surface area (Å²) >= 11 is 0. The summed E-state index contributed by atoms with van der Waals surface area (Å²) in [6, 6.07) is 1.91. The summed E-state index contributed by atoms with van der Waals surface area (Å²) < 4.78 is 6.92. The van der Waals surface area contributed by atoms with E-state index in [9.17, 15) is 9.90 Å². The Balaban J connectivity index is 2.20. The highest BCUT2D eigenvalue weighted by Crippen LogP contribution is 2.32. The number of nitrogens with zero attached hydrogens (tertiary/aromatic N) is 3. The molecular formula is C12H13N5O4. The van der Waals surface area contributed by atoms with Gasteiger partial charge in [-0.2, -0.15) is 10.2 Å². The van der Waals surface area contributed by atoms with E-state index in [0.717, 1.165) is 0 Å². The first kappa shape index (κ1) is 13.6. The second-order valence-electron chi connectivity index (χ2n) is 4.85. The molecule has 2 aromatic rings. The molecule has 5 N–H and O–H groups in total. The number of hydrogen-bond donors (Lipinski definition) is 4. The topological polar surface area (TPSA) is 150 Å². The molecule has 3 rings (SSSR count). The third kappa shape index (κ3) is 2.06. The van der Waals surface area contributed by atoms with Crippen LogP contribution in [0.25, 0.3) is 11.0 Å². The van der Waals surface area contributed by atoms with Gasteiger partial charge in [0.15, 0.2) is 11.9 Å². The lowest BCUT2D eigenvalue weighted by Gasteiger charge is -2.17. The monoisotopic (exact) mass is 291 g/mol. The maximum atomic E-state index is 11.9. The van der Waals surface area contributed by atoms with Gasteiger partial charge < -0.3 is 25.3 Å². The van der Waals surface area contributed by atoms with Gasteiger partial charge in [-0.25, -0.2) is 0 Å². The Labute approximate surface area is 118 Å². The number of aliphatic hydroxyl groups is 2. The zero-order chi connectivity index (χ0) is 15.1. The van der Waals surface area contributed by atoms with Crippen LogP contribution in [0, 0.1) is 11.3 Å². The van der Waals surface area contributed by atoms with Crippen LogP contribution in [0.15, 0.2) is 11.0 Å². The zero-order valence-corrected chi connectivity index (χ0v) is 10.9. The molecule has 0 radical (unpaired) electrons. The summed E-state index contributed by atoms with van der Waals surface area (Å²) in [6.45, 7) is -0.228. The fourth-order valence-corrected chi connectivity index (χ4v) is 2.55. The molecular weight excluding hydrogens is 278 g/mol. The van der Waals surface area contributed by atoms with Crippen LogP contribution in [0.1, 0.15) is 18.2 Å². The van der Waals surface area contributed by atoms with Gasteiger partial charge in [-0.1, -0.05) is 0 Å². The van der Waals surface area contributed by atoms with Crippen LogP contribution in [-0.2, 0) is 4.74 Å². The van der Waals surface area contributed by atoms with Gasteiger partial charge in [0, 0.05) is 12.6 Å². The van der Waals surface area contributed by atoms with E-state index in [4.69, 9.17) is 20.8 Å². The number of aliphatic hydroxyl groups excluding tert-OH is 2. The van der Waals surface area contributed by atoms with Gasteiger partial charge >= 0.3 is 0 Å².